The fourth-order valence-electron chi connectivity index (χ4n) is 2.43. The maximum Gasteiger partial charge on any atom is 0.319 e. The van der Waals surface area contributed by atoms with Crippen molar-refractivity contribution in [2.75, 3.05) is 5.32 Å². The number of urea groups is 1. The molecule has 116 valence electrons. The molecule has 3 heteroatoms. The average molecular weight is 296 g/mol. The summed E-state index contributed by atoms with van der Waals surface area (Å²) in [7, 11) is 0. The van der Waals surface area contributed by atoms with Gasteiger partial charge in [0.15, 0.2) is 0 Å². The lowest BCUT2D eigenvalue weighted by molar-refractivity contribution is 0.249. The molecule has 0 aromatic heterocycles. The van der Waals surface area contributed by atoms with Gasteiger partial charge in [-0.15, -0.1) is 0 Å². The molecule has 0 radical (unpaired) electrons. The van der Waals surface area contributed by atoms with Gasteiger partial charge < -0.3 is 10.6 Å². The normalized spacial score (nSPS) is 12.5. The number of nitrogens with one attached hydrogen (secondary N) is 2. The fourth-order valence-corrected chi connectivity index (χ4v) is 2.43. The van der Waals surface area contributed by atoms with Crippen LogP contribution in [-0.2, 0) is 5.41 Å². The van der Waals surface area contributed by atoms with Crippen LogP contribution < -0.4 is 10.6 Å². The Labute approximate surface area is 132 Å². The minimum absolute atomic E-state index is 0.0189. The predicted molar refractivity (Wildman–Crippen MR) is 92.2 cm³/mol. The monoisotopic (exact) mass is 296 g/mol. The molecule has 2 aromatic rings. The van der Waals surface area contributed by atoms with Crippen LogP contribution in [0, 0.1) is 0 Å². The zero-order valence-electron chi connectivity index (χ0n) is 13.7. The van der Waals surface area contributed by atoms with Gasteiger partial charge in [-0.05, 0) is 29.5 Å². The number of benzene rings is 2. The number of hydrogen-bond donors (Lipinski definition) is 2. The first kappa shape index (κ1) is 16.1. The average Bonchev–Trinajstić information content (AvgIpc) is 2.47. The lowest BCUT2D eigenvalue weighted by Gasteiger charge is -2.23. The van der Waals surface area contributed by atoms with Gasteiger partial charge in [-0.25, -0.2) is 4.79 Å². The van der Waals surface area contributed by atoms with E-state index >= 15 is 0 Å². The highest BCUT2D eigenvalue weighted by Gasteiger charge is 2.19. The van der Waals surface area contributed by atoms with Crippen molar-refractivity contribution in [2.24, 2.45) is 0 Å². The number of para-hydroxylation sites is 1. The molecule has 0 saturated heterocycles. The molecule has 0 aliphatic carbocycles. The second-order valence-electron chi connectivity index (χ2n) is 6.53. The molecule has 0 heterocycles. The molecule has 3 nitrogen and oxygen atoms in total. The van der Waals surface area contributed by atoms with E-state index in [-0.39, 0.29) is 17.5 Å². The van der Waals surface area contributed by atoms with E-state index < -0.39 is 0 Å². The van der Waals surface area contributed by atoms with Crippen molar-refractivity contribution >= 4 is 11.7 Å². The van der Waals surface area contributed by atoms with Gasteiger partial charge >= 0.3 is 6.03 Å². The van der Waals surface area contributed by atoms with Crippen LogP contribution in [-0.4, -0.2) is 6.03 Å². The van der Waals surface area contributed by atoms with Crippen molar-refractivity contribution in [1.29, 1.82) is 0 Å². The van der Waals surface area contributed by atoms with E-state index in [4.69, 9.17) is 0 Å². The Morgan fingerprint density at radius 2 is 1.55 bits per heavy atom. The molecule has 2 amide bonds. The van der Waals surface area contributed by atoms with Gasteiger partial charge in [-0.2, -0.15) is 0 Å². The third kappa shape index (κ3) is 4.10. The van der Waals surface area contributed by atoms with E-state index in [1.807, 2.05) is 55.5 Å². The quantitative estimate of drug-likeness (QED) is 0.833. The predicted octanol–water partition coefficient (Wildman–Crippen LogP) is 4.87. The standard InChI is InChI=1S/C19H24N2O/c1-14(15-10-6-5-7-11-15)20-18(22)21-17-13-9-8-12-16(17)19(2,3)4/h5-14H,1-4H3,(H2,20,21,22). The van der Waals surface area contributed by atoms with E-state index in [9.17, 15) is 4.79 Å². The summed E-state index contributed by atoms with van der Waals surface area (Å²) in [5, 5.41) is 5.94. The summed E-state index contributed by atoms with van der Waals surface area (Å²) in [5.74, 6) is 0. The van der Waals surface area contributed by atoms with Crippen molar-refractivity contribution in [3.8, 4) is 0 Å². The van der Waals surface area contributed by atoms with Crippen molar-refractivity contribution in [1.82, 2.24) is 5.32 Å². The highest BCUT2D eigenvalue weighted by Crippen LogP contribution is 2.29. The summed E-state index contributed by atoms with van der Waals surface area (Å²) in [5.41, 5.74) is 3.04. The highest BCUT2D eigenvalue weighted by molar-refractivity contribution is 5.90. The van der Waals surface area contributed by atoms with E-state index in [0.29, 0.717) is 0 Å². The van der Waals surface area contributed by atoms with Crippen LogP contribution in [0.5, 0.6) is 0 Å². The Hall–Kier alpha value is -2.29. The van der Waals surface area contributed by atoms with Crippen molar-refractivity contribution in [3.05, 3.63) is 65.7 Å². The van der Waals surface area contributed by atoms with Gasteiger partial charge in [0, 0.05) is 5.69 Å². The van der Waals surface area contributed by atoms with Gasteiger partial charge in [-0.3, -0.25) is 0 Å². The molecule has 2 N–H and O–H groups in total. The third-order valence-corrected chi connectivity index (χ3v) is 3.63. The van der Waals surface area contributed by atoms with Crippen LogP contribution in [0.15, 0.2) is 54.6 Å². The molecule has 2 rings (SSSR count). The SMILES string of the molecule is CC(NC(=O)Nc1ccccc1C(C)(C)C)c1ccccc1. The summed E-state index contributed by atoms with van der Waals surface area (Å²) < 4.78 is 0. The topological polar surface area (TPSA) is 41.1 Å². The summed E-state index contributed by atoms with van der Waals surface area (Å²) >= 11 is 0. The number of rotatable bonds is 3. The lowest BCUT2D eigenvalue weighted by atomic mass is 9.86. The molecular weight excluding hydrogens is 272 g/mol. The Bertz CT molecular complexity index is 629. The third-order valence-electron chi connectivity index (χ3n) is 3.63. The fraction of sp³-hybridized carbons (Fsp3) is 0.316. The van der Waals surface area contributed by atoms with Crippen LogP contribution >= 0.6 is 0 Å². The second-order valence-corrected chi connectivity index (χ2v) is 6.53. The number of anilines is 1. The van der Waals surface area contributed by atoms with Gasteiger partial charge in [0.1, 0.15) is 0 Å². The van der Waals surface area contributed by atoms with E-state index in [1.165, 1.54) is 0 Å². The first-order valence-electron chi connectivity index (χ1n) is 7.60. The zero-order valence-corrected chi connectivity index (χ0v) is 13.7. The largest absolute Gasteiger partial charge is 0.331 e. The van der Waals surface area contributed by atoms with Gasteiger partial charge in [-0.1, -0.05) is 69.3 Å². The van der Waals surface area contributed by atoms with Gasteiger partial charge in [0.2, 0.25) is 0 Å². The van der Waals surface area contributed by atoms with Gasteiger partial charge in [0.25, 0.3) is 0 Å². The number of amides is 2. The second kappa shape index (κ2) is 6.65. The number of carbonyl (C=O) groups is 1. The summed E-state index contributed by atoms with van der Waals surface area (Å²) in [6, 6.07) is 17.6. The maximum atomic E-state index is 12.3. The molecule has 0 bridgehead atoms. The Kier molecular flexibility index (Phi) is 4.86. The molecule has 2 aromatic carbocycles. The van der Waals surface area contributed by atoms with Gasteiger partial charge in [0.05, 0.1) is 6.04 Å². The molecule has 0 saturated carbocycles. The molecule has 0 spiro atoms. The number of carbonyl (C=O) groups excluding carboxylic acids is 1. The van der Waals surface area contributed by atoms with Crippen LogP contribution in [0.4, 0.5) is 10.5 Å². The van der Waals surface area contributed by atoms with Crippen LogP contribution in [0.3, 0.4) is 0 Å². The number of hydrogen-bond acceptors (Lipinski definition) is 1. The molecule has 22 heavy (non-hydrogen) atoms. The maximum absolute atomic E-state index is 12.3. The van der Waals surface area contributed by atoms with E-state index in [0.717, 1.165) is 16.8 Å². The Balaban J connectivity index is 2.07. The molecule has 1 unspecified atom stereocenters. The summed E-state index contributed by atoms with van der Waals surface area (Å²) in [6.07, 6.45) is 0. The minimum Gasteiger partial charge on any atom is -0.331 e. The molecular formula is C19H24N2O. The lowest BCUT2D eigenvalue weighted by Crippen LogP contribution is -2.32. The van der Waals surface area contributed by atoms with E-state index in [2.05, 4.69) is 37.5 Å². The van der Waals surface area contributed by atoms with Crippen LogP contribution in [0.25, 0.3) is 0 Å². The highest BCUT2D eigenvalue weighted by atomic mass is 16.2. The van der Waals surface area contributed by atoms with Crippen molar-refractivity contribution in [2.45, 2.75) is 39.2 Å². The van der Waals surface area contributed by atoms with Crippen LogP contribution in [0.2, 0.25) is 0 Å². The smallest absolute Gasteiger partial charge is 0.319 e. The molecule has 0 aliphatic heterocycles. The Morgan fingerprint density at radius 1 is 0.955 bits per heavy atom. The van der Waals surface area contributed by atoms with E-state index in [1.54, 1.807) is 0 Å². The molecule has 0 fully saturated rings. The molecule has 1 atom stereocenters. The Morgan fingerprint density at radius 3 is 2.18 bits per heavy atom. The first-order valence-corrected chi connectivity index (χ1v) is 7.60. The molecule has 0 aliphatic rings. The van der Waals surface area contributed by atoms with Crippen molar-refractivity contribution in [3.63, 3.8) is 0 Å². The zero-order chi connectivity index (χ0) is 16.2. The minimum atomic E-state index is -0.187. The van der Waals surface area contributed by atoms with Crippen LogP contribution in [0.1, 0.15) is 44.9 Å². The first-order chi connectivity index (χ1) is 10.4. The summed E-state index contributed by atoms with van der Waals surface area (Å²) in [4.78, 5) is 12.3. The summed E-state index contributed by atoms with van der Waals surface area (Å²) in [6.45, 7) is 8.39. The van der Waals surface area contributed by atoms with Crippen molar-refractivity contribution < 1.29 is 4.79 Å².